The van der Waals surface area contributed by atoms with E-state index in [4.69, 9.17) is 0 Å². The lowest BCUT2D eigenvalue weighted by Gasteiger charge is -2.15. The summed E-state index contributed by atoms with van der Waals surface area (Å²) in [4.78, 5) is 10.6. The molecule has 0 aromatic rings. The zero-order valence-electron chi connectivity index (χ0n) is 6.68. The molecule has 0 radical (unpaired) electrons. The predicted octanol–water partition coefficient (Wildman–Crippen LogP) is 1.56. The van der Waals surface area contributed by atoms with E-state index in [2.05, 4.69) is 12.2 Å². The molecule has 0 bridgehead atoms. The second kappa shape index (κ2) is 3.04. The highest BCUT2D eigenvalue weighted by Crippen LogP contribution is 2.24. The van der Waals surface area contributed by atoms with Gasteiger partial charge in [0.05, 0.1) is 0 Å². The molecule has 0 heterocycles. The monoisotopic (exact) mass is 143 g/mol. The second-order valence-electron chi connectivity index (χ2n) is 3.22. The zero-order chi connectivity index (χ0) is 7.56. The molecule has 2 heteroatoms. The molecule has 0 aromatic heterocycles. The molecule has 2 nitrogen and oxygen atoms in total. The maximum absolute atomic E-state index is 10.6. The standard InChI is InChI=1S/C8H15NO.H2/c1-6-4-3-5-8(6)9-7(2)10;/h6,8H,3-5H2,1-2H3,(H,9,10);1H. The van der Waals surface area contributed by atoms with Gasteiger partial charge in [0, 0.05) is 14.4 Å². The van der Waals surface area contributed by atoms with E-state index in [0.717, 1.165) is 0 Å². The quantitative estimate of drug-likeness (QED) is 0.593. The van der Waals surface area contributed by atoms with Crippen LogP contribution < -0.4 is 5.32 Å². The SMILES string of the molecule is CC(=O)NC1CCCC1C.[HH]. The van der Waals surface area contributed by atoms with Crippen LogP contribution >= 0.6 is 0 Å². The number of carbonyl (C=O) groups is 1. The third-order valence-electron chi connectivity index (χ3n) is 2.25. The van der Waals surface area contributed by atoms with Gasteiger partial charge in [-0.1, -0.05) is 13.3 Å². The maximum atomic E-state index is 10.6. The van der Waals surface area contributed by atoms with Gasteiger partial charge < -0.3 is 5.32 Å². The smallest absolute Gasteiger partial charge is 0.217 e. The molecule has 1 amide bonds. The van der Waals surface area contributed by atoms with Gasteiger partial charge in [0.25, 0.3) is 0 Å². The molecule has 1 fully saturated rings. The Labute approximate surface area is 63.5 Å². The van der Waals surface area contributed by atoms with E-state index in [1.165, 1.54) is 19.3 Å². The van der Waals surface area contributed by atoms with Crippen LogP contribution in [0, 0.1) is 5.92 Å². The number of amides is 1. The van der Waals surface area contributed by atoms with Crippen molar-refractivity contribution < 1.29 is 6.22 Å². The van der Waals surface area contributed by atoms with Gasteiger partial charge in [-0.25, -0.2) is 0 Å². The topological polar surface area (TPSA) is 29.1 Å². The van der Waals surface area contributed by atoms with Gasteiger partial charge in [-0.05, 0) is 18.8 Å². The molecule has 0 spiro atoms. The molecule has 0 saturated heterocycles. The predicted molar refractivity (Wildman–Crippen MR) is 42.7 cm³/mol. The lowest BCUT2D eigenvalue weighted by molar-refractivity contribution is -0.119. The molecule has 10 heavy (non-hydrogen) atoms. The van der Waals surface area contributed by atoms with Gasteiger partial charge in [0.15, 0.2) is 0 Å². The van der Waals surface area contributed by atoms with Crippen molar-refractivity contribution >= 4 is 5.91 Å². The first kappa shape index (κ1) is 7.58. The van der Waals surface area contributed by atoms with E-state index in [-0.39, 0.29) is 7.33 Å². The Hall–Kier alpha value is -0.530. The van der Waals surface area contributed by atoms with Crippen molar-refractivity contribution in [3.63, 3.8) is 0 Å². The first-order valence-corrected chi connectivity index (χ1v) is 3.97. The van der Waals surface area contributed by atoms with Crippen LogP contribution in [-0.4, -0.2) is 11.9 Å². The van der Waals surface area contributed by atoms with E-state index in [0.29, 0.717) is 12.0 Å². The Kier molecular flexibility index (Phi) is 2.30. The third kappa shape index (κ3) is 1.72. The van der Waals surface area contributed by atoms with E-state index in [9.17, 15) is 4.79 Å². The van der Waals surface area contributed by atoms with Crippen molar-refractivity contribution in [1.29, 1.82) is 0 Å². The van der Waals surface area contributed by atoms with Gasteiger partial charge in [-0.3, -0.25) is 4.79 Å². The number of nitrogens with one attached hydrogen (secondary N) is 1. The molecule has 2 unspecified atom stereocenters. The summed E-state index contributed by atoms with van der Waals surface area (Å²) in [5.41, 5.74) is 0. The first-order valence-electron chi connectivity index (χ1n) is 3.97. The maximum Gasteiger partial charge on any atom is 0.217 e. The number of hydrogen-bond donors (Lipinski definition) is 1. The highest BCUT2D eigenvalue weighted by Gasteiger charge is 2.23. The molecule has 1 aliphatic rings. The molecule has 1 aliphatic carbocycles. The number of carbonyl (C=O) groups excluding carboxylic acids is 1. The average Bonchev–Trinajstić information content (AvgIpc) is 2.15. The highest BCUT2D eigenvalue weighted by molar-refractivity contribution is 5.73. The van der Waals surface area contributed by atoms with Gasteiger partial charge in [0.1, 0.15) is 0 Å². The average molecular weight is 143 g/mol. The summed E-state index contributed by atoms with van der Waals surface area (Å²) < 4.78 is 0. The van der Waals surface area contributed by atoms with E-state index in [1.807, 2.05) is 0 Å². The van der Waals surface area contributed by atoms with Crippen molar-refractivity contribution in [3.8, 4) is 0 Å². The van der Waals surface area contributed by atoms with Crippen LogP contribution in [0.4, 0.5) is 0 Å². The largest absolute Gasteiger partial charge is 0.353 e. The van der Waals surface area contributed by atoms with Crippen LogP contribution in [-0.2, 0) is 4.79 Å². The Balaban J connectivity index is 0.000001000. The number of rotatable bonds is 1. The van der Waals surface area contributed by atoms with Gasteiger partial charge in [0.2, 0.25) is 5.91 Å². The Bertz CT molecular complexity index is 138. The Morgan fingerprint density at radius 3 is 2.70 bits per heavy atom. The number of hydrogen-bond acceptors (Lipinski definition) is 1. The first-order chi connectivity index (χ1) is 4.70. The second-order valence-corrected chi connectivity index (χ2v) is 3.22. The summed E-state index contributed by atoms with van der Waals surface area (Å²) in [6.07, 6.45) is 3.71. The van der Waals surface area contributed by atoms with Crippen LogP contribution in [0.1, 0.15) is 34.5 Å². The summed E-state index contributed by atoms with van der Waals surface area (Å²) in [6, 6.07) is 0.456. The molecule has 2 atom stereocenters. The zero-order valence-corrected chi connectivity index (χ0v) is 6.68. The highest BCUT2D eigenvalue weighted by atomic mass is 16.1. The molecule has 1 N–H and O–H groups in total. The van der Waals surface area contributed by atoms with E-state index in [1.54, 1.807) is 6.92 Å². The van der Waals surface area contributed by atoms with Crippen LogP contribution in [0.5, 0.6) is 0 Å². The minimum Gasteiger partial charge on any atom is -0.353 e. The van der Waals surface area contributed by atoms with Crippen molar-refractivity contribution in [2.75, 3.05) is 0 Å². The molecule has 60 valence electrons. The summed E-state index contributed by atoms with van der Waals surface area (Å²) in [6.45, 7) is 3.79. The van der Waals surface area contributed by atoms with Crippen LogP contribution in [0.15, 0.2) is 0 Å². The minimum atomic E-state index is 0. The van der Waals surface area contributed by atoms with Crippen LogP contribution in [0.25, 0.3) is 0 Å². The fourth-order valence-corrected chi connectivity index (χ4v) is 1.62. The van der Waals surface area contributed by atoms with Crippen molar-refractivity contribution in [1.82, 2.24) is 5.32 Å². The van der Waals surface area contributed by atoms with E-state index < -0.39 is 0 Å². The molecule has 1 rings (SSSR count). The molecular formula is C8H17NO. The summed E-state index contributed by atoms with van der Waals surface area (Å²) in [7, 11) is 0. The van der Waals surface area contributed by atoms with Crippen LogP contribution in [0.2, 0.25) is 0 Å². The van der Waals surface area contributed by atoms with Gasteiger partial charge in [-0.2, -0.15) is 0 Å². The third-order valence-corrected chi connectivity index (χ3v) is 2.25. The fraction of sp³-hybridized carbons (Fsp3) is 0.875. The van der Waals surface area contributed by atoms with Crippen molar-refractivity contribution in [3.05, 3.63) is 0 Å². The van der Waals surface area contributed by atoms with Gasteiger partial charge in [-0.15, -0.1) is 0 Å². The lowest BCUT2D eigenvalue weighted by atomic mass is 10.1. The summed E-state index contributed by atoms with van der Waals surface area (Å²) in [5.74, 6) is 0.794. The Morgan fingerprint density at radius 1 is 1.60 bits per heavy atom. The van der Waals surface area contributed by atoms with Crippen molar-refractivity contribution in [2.45, 2.75) is 39.2 Å². The van der Waals surface area contributed by atoms with Gasteiger partial charge >= 0.3 is 0 Å². The summed E-state index contributed by atoms with van der Waals surface area (Å²) >= 11 is 0. The lowest BCUT2D eigenvalue weighted by Crippen LogP contribution is -2.34. The van der Waals surface area contributed by atoms with Crippen molar-refractivity contribution in [2.24, 2.45) is 5.92 Å². The molecule has 0 aliphatic heterocycles. The molecule has 0 aromatic carbocycles. The minimum absolute atomic E-state index is 0. The normalized spacial score (nSPS) is 32.2. The Morgan fingerprint density at radius 2 is 2.30 bits per heavy atom. The van der Waals surface area contributed by atoms with Crippen LogP contribution in [0.3, 0.4) is 0 Å². The van der Waals surface area contributed by atoms with E-state index >= 15 is 0 Å². The molecule has 1 saturated carbocycles. The summed E-state index contributed by atoms with van der Waals surface area (Å²) in [5, 5.41) is 2.95. The molecular weight excluding hydrogens is 126 g/mol. The fourth-order valence-electron chi connectivity index (χ4n) is 1.62.